The van der Waals surface area contributed by atoms with E-state index in [-0.39, 0.29) is 30.5 Å². The molecule has 1 aliphatic heterocycles. The number of fused-ring (bicyclic) bond motifs is 1. The fraction of sp³-hybridized carbons (Fsp3) is 0.261. The topological polar surface area (TPSA) is 122 Å². The maximum atomic E-state index is 13.9. The molecule has 1 aliphatic rings. The van der Waals surface area contributed by atoms with Crippen LogP contribution in [0.1, 0.15) is 51.3 Å². The average molecular weight is 499 g/mol. The van der Waals surface area contributed by atoms with E-state index in [1.165, 1.54) is 18.6 Å². The lowest BCUT2D eigenvalue weighted by molar-refractivity contribution is -0.928. The molecule has 4 aromatic rings. The third-order valence-corrected chi connectivity index (χ3v) is 6.29. The summed E-state index contributed by atoms with van der Waals surface area (Å²) in [5.41, 5.74) is 1.71. The van der Waals surface area contributed by atoms with Crippen LogP contribution >= 0.6 is 0 Å². The second kappa shape index (κ2) is 8.53. The highest BCUT2D eigenvalue weighted by Gasteiger charge is 2.37. The number of anilines is 1. The summed E-state index contributed by atoms with van der Waals surface area (Å²) in [7, 11) is 0. The van der Waals surface area contributed by atoms with Gasteiger partial charge in [-0.2, -0.15) is 18.3 Å². The fourth-order valence-corrected chi connectivity index (χ4v) is 4.26. The van der Waals surface area contributed by atoms with Gasteiger partial charge < -0.3 is 19.6 Å². The minimum absolute atomic E-state index is 0.0184. The molecule has 10 nitrogen and oxygen atoms in total. The quantitative estimate of drug-likeness (QED) is 0.321. The molecule has 0 bridgehead atoms. The molecule has 4 aromatic heterocycles. The Labute approximate surface area is 202 Å². The molecule has 1 N–H and O–H groups in total. The number of rotatable bonds is 5. The van der Waals surface area contributed by atoms with Gasteiger partial charge in [-0.15, -0.1) is 0 Å². The van der Waals surface area contributed by atoms with E-state index in [1.54, 1.807) is 26.0 Å². The smallest absolute Gasteiger partial charge is 0.419 e. The molecule has 13 heteroatoms. The number of quaternary nitrogens is 1. The first kappa shape index (κ1) is 23.6. The van der Waals surface area contributed by atoms with Crippen LogP contribution in [0.5, 0.6) is 0 Å². The zero-order chi connectivity index (χ0) is 25.7. The van der Waals surface area contributed by atoms with Gasteiger partial charge in [0.1, 0.15) is 24.9 Å². The van der Waals surface area contributed by atoms with Gasteiger partial charge in [-0.05, 0) is 31.5 Å². The number of halogens is 3. The Morgan fingerprint density at radius 1 is 1.25 bits per heavy atom. The summed E-state index contributed by atoms with van der Waals surface area (Å²) in [4.78, 5) is 24.6. The van der Waals surface area contributed by atoms with Crippen LogP contribution in [0.2, 0.25) is 0 Å². The predicted octanol–water partition coefficient (Wildman–Crippen LogP) is 4.32. The summed E-state index contributed by atoms with van der Waals surface area (Å²) < 4.78 is 44.2. The molecule has 36 heavy (non-hydrogen) atoms. The molecule has 0 saturated carbocycles. The molecule has 2 unspecified atom stereocenters. The van der Waals surface area contributed by atoms with Gasteiger partial charge >= 0.3 is 6.18 Å². The van der Waals surface area contributed by atoms with Gasteiger partial charge in [-0.1, -0.05) is 0 Å². The number of oxazole rings is 1. The van der Waals surface area contributed by atoms with Crippen LogP contribution in [-0.2, 0) is 19.3 Å². The second-order valence-electron chi connectivity index (χ2n) is 8.64. The molecule has 0 aliphatic carbocycles. The fourth-order valence-electron chi connectivity index (χ4n) is 4.26. The van der Waals surface area contributed by atoms with Crippen molar-refractivity contribution >= 4 is 11.7 Å². The van der Waals surface area contributed by atoms with Crippen LogP contribution in [0.25, 0.3) is 5.82 Å². The number of carbonyl (C=O) groups is 1. The first-order chi connectivity index (χ1) is 17.0. The van der Waals surface area contributed by atoms with Gasteiger partial charge in [0.05, 0.1) is 23.5 Å². The second-order valence-corrected chi connectivity index (χ2v) is 8.64. The number of aromatic nitrogens is 5. The normalized spacial score (nSPS) is 18.2. The van der Waals surface area contributed by atoms with Crippen molar-refractivity contribution in [2.24, 2.45) is 0 Å². The number of alkyl halides is 3. The van der Waals surface area contributed by atoms with Crippen LogP contribution in [0.3, 0.4) is 0 Å². The van der Waals surface area contributed by atoms with Gasteiger partial charge in [0.15, 0.2) is 12.2 Å². The number of aryl methyl sites for hydroxylation is 1. The van der Waals surface area contributed by atoms with E-state index in [9.17, 15) is 23.2 Å². The van der Waals surface area contributed by atoms with Crippen LogP contribution in [0.4, 0.5) is 19.0 Å². The highest BCUT2D eigenvalue weighted by atomic mass is 19.4. The van der Waals surface area contributed by atoms with E-state index in [4.69, 9.17) is 4.42 Å². The Morgan fingerprint density at radius 3 is 2.72 bits per heavy atom. The number of nitrogens with one attached hydrogen (secondary N) is 1. The van der Waals surface area contributed by atoms with Crippen molar-refractivity contribution in [3.05, 3.63) is 88.3 Å². The molecule has 0 radical (unpaired) electrons. The maximum absolute atomic E-state index is 13.9. The summed E-state index contributed by atoms with van der Waals surface area (Å²) in [6.07, 6.45) is 2.53. The molecule has 0 fully saturated rings. The largest absolute Gasteiger partial charge is 0.632 e. The number of hydrogen-bond donors (Lipinski definition) is 1. The number of amides is 1. The highest BCUT2D eigenvalue weighted by molar-refractivity contribution is 6.01. The van der Waals surface area contributed by atoms with E-state index >= 15 is 0 Å². The zero-order valence-electron chi connectivity index (χ0n) is 19.2. The van der Waals surface area contributed by atoms with Crippen LogP contribution in [0.15, 0.2) is 53.9 Å². The minimum atomic E-state index is -4.51. The molecular formula is C23H20F3N7O3. The summed E-state index contributed by atoms with van der Waals surface area (Å²) in [5.74, 6) is 0.0101. The molecule has 1 amide bonds. The van der Waals surface area contributed by atoms with Gasteiger partial charge in [0.25, 0.3) is 5.91 Å². The molecule has 0 spiro atoms. The summed E-state index contributed by atoms with van der Waals surface area (Å²) in [6, 6.07) is 2.92. The number of hydroxylamine groups is 3. The van der Waals surface area contributed by atoms with E-state index in [0.717, 1.165) is 29.0 Å². The van der Waals surface area contributed by atoms with E-state index < -0.39 is 28.3 Å². The van der Waals surface area contributed by atoms with E-state index in [0.29, 0.717) is 16.7 Å². The standard InChI is InChI=1S/C23H20F3N7O3/c1-13-5-16(6-29-21(13)32-9-17(7-30-32)23(24,25)26)14(2)33(35)10-15-3-4-28-20(18(15)11-33)31-22(34)19-8-27-12-36-19/h3-9,12,14H,10-11H2,1-2H3,(H,28,31,34). The lowest BCUT2D eigenvalue weighted by Crippen LogP contribution is -2.38. The molecular weight excluding hydrogens is 479 g/mol. The van der Waals surface area contributed by atoms with Crippen LogP contribution in [-0.4, -0.2) is 35.3 Å². The van der Waals surface area contributed by atoms with Gasteiger partial charge in [0, 0.05) is 29.7 Å². The van der Waals surface area contributed by atoms with Crippen molar-refractivity contribution in [2.75, 3.05) is 5.32 Å². The Morgan fingerprint density at radius 2 is 2.06 bits per heavy atom. The van der Waals surface area contributed by atoms with Crippen LogP contribution < -0.4 is 5.32 Å². The van der Waals surface area contributed by atoms with E-state index in [1.807, 2.05) is 0 Å². The van der Waals surface area contributed by atoms with Crippen molar-refractivity contribution in [1.82, 2.24) is 24.7 Å². The minimum Gasteiger partial charge on any atom is -0.632 e. The Kier molecular flexibility index (Phi) is 5.60. The Bertz CT molecular complexity index is 1440. The predicted molar refractivity (Wildman–Crippen MR) is 119 cm³/mol. The Hall–Kier alpha value is -4.10. The highest BCUT2D eigenvalue weighted by Crippen LogP contribution is 2.40. The van der Waals surface area contributed by atoms with Crippen molar-refractivity contribution < 1.29 is 27.0 Å². The third kappa shape index (κ3) is 4.22. The third-order valence-electron chi connectivity index (χ3n) is 6.29. The molecule has 5 heterocycles. The first-order valence-corrected chi connectivity index (χ1v) is 10.9. The zero-order valence-corrected chi connectivity index (χ0v) is 19.2. The van der Waals surface area contributed by atoms with Crippen LogP contribution in [0, 0.1) is 12.1 Å². The molecule has 0 aromatic carbocycles. The maximum Gasteiger partial charge on any atom is 0.419 e. The first-order valence-electron chi connectivity index (χ1n) is 10.9. The van der Waals surface area contributed by atoms with E-state index in [2.05, 4.69) is 25.4 Å². The average Bonchev–Trinajstić information content (AvgIpc) is 3.58. The molecule has 2 atom stereocenters. The van der Waals surface area contributed by atoms with Crippen molar-refractivity contribution in [1.29, 1.82) is 0 Å². The SMILES string of the molecule is Cc1cc(C(C)[N+]2([O-])Cc3ccnc(NC(=O)c4cnco4)c3C2)cnc1-n1cc(C(F)(F)F)cn1. The van der Waals surface area contributed by atoms with Gasteiger partial charge in [0.2, 0.25) is 5.76 Å². The number of nitrogens with zero attached hydrogens (tertiary/aromatic N) is 6. The summed E-state index contributed by atoms with van der Waals surface area (Å²) >= 11 is 0. The van der Waals surface area contributed by atoms with Crippen molar-refractivity contribution in [3.63, 3.8) is 0 Å². The lowest BCUT2D eigenvalue weighted by Gasteiger charge is -2.44. The molecule has 0 saturated heterocycles. The summed E-state index contributed by atoms with van der Waals surface area (Å²) in [5, 5.41) is 20.4. The van der Waals surface area contributed by atoms with Gasteiger partial charge in [-0.25, -0.2) is 19.6 Å². The number of pyridine rings is 2. The lowest BCUT2D eigenvalue weighted by atomic mass is 10.1. The number of carbonyl (C=O) groups excluding carboxylic acids is 1. The van der Waals surface area contributed by atoms with Crippen molar-refractivity contribution in [3.8, 4) is 5.82 Å². The molecule has 5 rings (SSSR count). The van der Waals surface area contributed by atoms with Gasteiger partial charge in [-0.3, -0.25) is 4.79 Å². The molecule has 186 valence electrons. The monoisotopic (exact) mass is 499 g/mol. The number of hydrogen-bond acceptors (Lipinski definition) is 7. The Balaban J connectivity index is 1.37. The van der Waals surface area contributed by atoms with Crippen molar-refractivity contribution in [2.45, 2.75) is 39.2 Å². The summed E-state index contributed by atoms with van der Waals surface area (Å²) in [6.45, 7) is 3.68.